The number of ether oxygens (including phenoxy) is 1. The molecule has 1 heterocycles. The molecule has 134 valence electrons. The van der Waals surface area contributed by atoms with E-state index in [-0.39, 0.29) is 11.6 Å². The molecule has 26 heavy (non-hydrogen) atoms. The number of aromatic nitrogens is 3. The summed E-state index contributed by atoms with van der Waals surface area (Å²) >= 11 is 6.05. The Labute approximate surface area is 157 Å². The predicted octanol–water partition coefficient (Wildman–Crippen LogP) is 3.51. The Morgan fingerprint density at radius 2 is 1.96 bits per heavy atom. The fraction of sp³-hybridized carbons (Fsp3) is 0.211. The van der Waals surface area contributed by atoms with Gasteiger partial charge in [0, 0.05) is 24.2 Å². The lowest BCUT2D eigenvalue weighted by molar-refractivity contribution is 0.0778. The van der Waals surface area contributed by atoms with Crippen molar-refractivity contribution in [3.8, 4) is 11.4 Å². The Morgan fingerprint density at radius 1 is 1.23 bits per heavy atom. The molecule has 0 saturated heterocycles. The van der Waals surface area contributed by atoms with Gasteiger partial charge in [-0.15, -0.1) is 5.10 Å². The molecule has 2 aromatic carbocycles. The average molecular weight is 371 g/mol. The summed E-state index contributed by atoms with van der Waals surface area (Å²) in [5, 5.41) is 8.64. The van der Waals surface area contributed by atoms with Crippen LogP contribution in [-0.4, -0.2) is 40.0 Å². The number of hydrogen-bond acceptors (Lipinski definition) is 4. The molecule has 0 aliphatic heterocycles. The highest BCUT2D eigenvalue weighted by Crippen LogP contribution is 2.24. The first-order valence-electron chi connectivity index (χ1n) is 8.05. The third kappa shape index (κ3) is 3.86. The van der Waals surface area contributed by atoms with Crippen LogP contribution >= 0.6 is 11.6 Å². The standard InChI is InChI=1S/C19H19ClN4O2/c1-13-4-7-16(8-5-13)24-12-17(21-22-24)19(25)23(2)11-14-10-15(20)6-9-18(14)26-3/h4-10,12H,11H2,1-3H3. The van der Waals surface area contributed by atoms with Gasteiger partial charge in [0.05, 0.1) is 19.0 Å². The number of nitrogens with zero attached hydrogens (tertiary/aromatic N) is 4. The van der Waals surface area contributed by atoms with E-state index in [9.17, 15) is 4.79 Å². The highest BCUT2D eigenvalue weighted by molar-refractivity contribution is 6.30. The average Bonchev–Trinajstić information content (AvgIpc) is 3.12. The smallest absolute Gasteiger partial charge is 0.276 e. The van der Waals surface area contributed by atoms with Crippen LogP contribution in [-0.2, 0) is 6.54 Å². The summed E-state index contributed by atoms with van der Waals surface area (Å²) in [7, 11) is 3.29. The zero-order valence-electron chi connectivity index (χ0n) is 14.8. The molecular formula is C19H19ClN4O2. The molecule has 0 N–H and O–H groups in total. The summed E-state index contributed by atoms with van der Waals surface area (Å²) in [6, 6.07) is 13.1. The summed E-state index contributed by atoms with van der Waals surface area (Å²) in [5.74, 6) is 0.447. The van der Waals surface area contributed by atoms with Gasteiger partial charge in [-0.2, -0.15) is 0 Å². The number of methoxy groups -OCH3 is 1. The van der Waals surface area contributed by atoms with Crippen molar-refractivity contribution in [2.45, 2.75) is 13.5 Å². The summed E-state index contributed by atoms with van der Waals surface area (Å²) < 4.78 is 6.91. The van der Waals surface area contributed by atoms with Gasteiger partial charge in [-0.25, -0.2) is 4.68 Å². The Morgan fingerprint density at radius 3 is 2.65 bits per heavy atom. The van der Waals surface area contributed by atoms with Crippen molar-refractivity contribution < 1.29 is 9.53 Å². The molecule has 0 fully saturated rings. The van der Waals surface area contributed by atoms with Crippen LogP contribution in [0.15, 0.2) is 48.7 Å². The molecule has 3 rings (SSSR count). The van der Waals surface area contributed by atoms with Crippen molar-refractivity contribution in [3.63, 3.8) is 0 Å². The normalized spacial score (nSPS) is 10.6. The first-order chi connectivity index (χ1) is 12.5. The Kier molecular flexibility index (Phi) is 5.23. The van der Waals surface area contributed by atoms with E-state index in [2.05, 4.69) is 10.3 Å². The Balaban J connectivity index is 1.77. The number of carbonyl (C=O) groups excluding carboxylic acids is 1. The lowest BCUT2D eigenvalue weighted by Crippen LogP contribution is -2.26. The van der Waals surface area contributed by atoms with Gasteiger partial charge in [-0.3, -0.25) is 4.79 Å². The molecule has 1 aromatic heterocycles. The number of rotatable bonds is 5. The van der Waals surface area contributed by atoms with E-state index < -0.39 is 0 Å². The first-order valence-corrected chi connectivity index (χ1v) is 8.43. The van der Waals surface area contributed by atoms with Crippen LogP contribution < -0.4 is 4.74 Å². The number of halogens is 1. The second kappa shape index (κ2) is 7.58. The van der Waals surface area contributed by atoms with Gasteiger partial charge < -0.3 is 9.64 Å². The zero-order valence-corrected chi connectivity index (χ0v) is 15.6. The van der Waals surface area contributed by atoms with Crippen molar-refractivity contribution in [3.05, 3.63) is 70.5 Å². The lowest BCUT2D eigenvalue weighted by atomic mass is 10.2. The first kappa shape index (κ1) is 17.9. The van der Waals surface area contributed by atoms with Gasteiger partial charge >= 0.3 is 0 Å². The quantitative estimate of drug-likeness (QED) is 0.689. The number of amides is 1. The van der Waals surface area contributed by atoms with E-state index in [4.69, 9.17) is 16.3 Å². The third-order valence-corrected chi connectivity index (χ3v) is 4.24. The predicted molar refractivity (Wildman–Crippen MR) is 99.9 cm³/mol. The molecule has 0 radical (unpaired) electrons. The van der Waals surface area contributed by atoms with Crippen LogP contribution in [0.1, 0.15) is 21.6 Å². The second-order valence-electron chi connectivity index (χ2n) is 6.00. The topological polar surface area (TPSA) is 60.2 Å². The van der Waals surface area contributed by atoms with E-state index in [1.165, 1.54) is 0 Å². The largest absolute Gasteiger partial charge is 0.496 e. The molecule has 0 saturated carbocycles. The molecule has 3 aromatic rings. The van der Waals surface area contributed by atoms with Crippen molar-refractivity contribution in [2.75, 3.05) is 14.2 Å². The van der Waals surface area contributed by atoms with Crippen LogP contribution in [0.3, 0.4) is 0 Å². The maximum Gasteiger partial charge on any atom is 0.276 e. The van der Waals surface area contributed by atoms with Crippen molar-refractivity contribution in [1.29, 1.82) is 0 Å². The number of carbonyl (C=O) groups is 1. The van der Waals surface area contributed by atoms with Crippen LogP contribution in [0.4, 0.5) is 0 Å². The van der Waals surface area contributed by atoms with Crippen LogP contribution in [0, 0.1) is 6.92 Å². The van der Waals surface area contributed by atoms with Crippen LogP contribution in [0.25, 0.3) is 5.69 Å². The van der Waals surface area contributed by atoms with Gasteiger partial charge in [0.1, 0.15) is 5.75 Å². The summed E-state index contributed by atoms with van der Waals surface area (Å²) in [6.07, 6.45) is 1.62. The number of hydrogen-bond donors (Lipinski definition) is 0. The van der Waals surface area contributed by atoms with Gasteiger partial charge in [-0.1, -0.05) is 34.5 Å². The minimum Gasteiger partial charge on any atom is -0.496 e. The Bertz CT molecular complexity index is 922. The van der Waals surface area contributed by atoms with Crippen LogP contribution in [0.5, 0.6) is 5.75 Å². The molecule has 0 bridgehead atoms. The summed E-state index contributed by atoms with van der Waals surface area (Å²) in [6.45, 7) is 2.36. The monoisotopic (exact) mass is 370 g/mol. The zero-order chi connectivity index (χ0) is 18.7. The van der Waals surface area contributed by atoms with Crippen molar-refractivity contribution in [1.82, 2.24) is 19.9 Å². The molecule has 1 amide bonds. The fourth-order valence-corrected chi connectivity index (χ4v) is 2.77. The van der Waals surface area contributed by atoms with Gasteiger partial charge in [0.25, 0.3) is 5.91 Å². The SMILES string of the molecule is COc1ccc(Cl)cc1CN(C)C(=O)c1cn(-c2ccc(C)cc2)nn1. The number of aryl methyl sites for hydroxylation is 1. The van der Waals surface area contributed by atoms with Crippen molar-refractivity contribution in [2.24, 2.45) is 0 Å². The van der Waals surface area contributed by atoms with Crippen molar-refractivity contribution >= 4 is 17.5 Å². The molecule has 0 spiro atoms. The molecule has 7 heteroatoms. The van der Waals surface area contributed by atoms with Gasteiger partial charge in [0.15, 0.2) is 5.69 Å². The van der Waals surface area contributed by atoms with E-state index in [0.717, 1.165) is 16.8 Å². The molecule has 0 atom stereocenters. The molecule has 0 aliphatic rings. The Hall–Kier alpha value is -2.86. The highest BCUT2D eigenvalue weighted by Gasteiger charge is 2.18. The second-order valence-corrected chi connectivity index (χ2v) is 6.44. The maximum atomic E-state index is 12.7. The van der Waals surface area contributed by atoms with E-state index in [0.29, 0.717) is 17.3 Å². The molecular weight excluding hydrogens is 352 g/mol. The minimum absolute atomic E-state index is 0.231. The molecule has 0 aliphatic carbocycles. The molecule has 6 nitrogen and oxygen atoms in total. The number of benzene rings is 2. The minimum atomic E-state index is -0.231. The summed E-state index contributed by atoms with van der Waals surface area (Å²) in [5.41, 5.74) is 3.09. The van der Waals surface area contributed by atoms with E-state index in [1.807, 2.05) is 31.2 Å². The van der Waals surface area contributed by atoms with Gasteiger partial charge in [0.2, 0.25) is 0 Å². The van der Waals surface area contributed by atoms with Crippen LogP contribution in [0.2, 0.25) is 5.02 Å². The fourth-order valence-electron chi connectivity index (χ4n) is 2.58. The maximum absolute atomic E-state index is 12.7. The van der Waals surface area contributed by atoms with E-state index >= 15 is 0 Å². The van der Waals surface area contributed by atoms with Gasteiger partial charge in [-0.05, 0) is 37.3 Å². The highest BCUT2D eigenvalue weighted by atomic mass is 35.5. The summed E-state index contributed by atoms with van der Waals surface area (Å²) in [4.78, 5) is 14.2. The third-order valence-electron chi connectivity index (χ3n) is 4.01. The lowest BCUT2D eigenvalue weighted by Gasteiger charge is -2.17. The van der Waals surface area contributed by atoms with E-state index in [1.54, 1.807) is 48.1 Å². The molecule has 0 unspecified atom stereocenters.